The van der Waals surface area contributed by atoms with Crippen molar-refractivity contribution in [2.24, 2.45) is 0 Å². The van der Waals surface area contributed by atoms with Crippen LogP contribution >= 0.6 is 23.2 Å². The second-order valence-electron chi connectivity index (χ2n) is 8.12. The van der Waals surface area contributed by atoms with Crippen molar-refractivity contribution >= 4 is 46.4 Å². The van der Waals surface area contributed by atoms with Crippen LogP contribution in [-0.4, -0.2) is 45.6 Å². The molecule has 7 nitrogen and oxygen atoms in total. The second-order valence-corrected chi connectivity index (χ2v) is 8.99. The number of likely N-dealkylation sites (tertiary alicyclic amines) is 1. The third-order valence-corrected chi connectivity index (χ3v) is 6.14. The molecule has 0 radical (unpaired) electrons. The summed E-state index contributed by atoms with van der Waals surface area (Å²) < 4.78 is 1.81. The number of carbonyl (C=O) groups is 2. The number of aryl methyl sites for hydroxylation is 1. The molecule has 172 valence electrons. The first-order valence-electron chi connectivity index (χ1n) is 10.7. The maximum atomic E-state index is 12.9. The van der Waals surface area contributed by atoms with Gasteiger partial charge in [0.1, 0.15) is 0 Å². The molecule has 1 aromatic heterocycles. The molecule has 0 spiro atoms. The zero-order valence-corrected chi connectivity index (χ0v) is 20.0. The van der Waals surface area contributed by atoms with Crippen LogP contribution in [0.4, 0.5) is 11.4 Å². The number of nitrogens with one attached hydrogen (secondary N) is 2. The molecule has 4 rings (SSSR count). The Labute approximate surface area is 202 Å². The zero-order valence-electron chi connectivity index (χ0n) is 18.4. The highest BCUT2D eigenvalue weighted by Gasteiger charge is 2.32. The summed E-state index contributed by atoms with van der Waals surface area (Å²) in [5.74, 6) is -0.359. The van der Waals surface area contributed by atoms with Crippen molar-refractivity contribution in [3.8, 4) is 5.69 Å². The summed E-state index contributed by atoms with van der Waals surface area (Å²) in [6.07, 6.45) is 1.52. The van der Waals surface area contributed by atoms with Gasteiger partial charge in [0, 0.05) is 15.7 Å². The molecule has 2 heterocycles. The Balaban J connectivity index is 1.42. The molecule has 0 saturated carbocycles. The number of hydrogen-bond acceptors (Lipinski definition) is 4. The minimum Gasteiger partial charge on any atom is -0.325 e. The molecule has 1 atom stereocenters. The lowest BCUT2D eigenvalue weighted by atomic mass is 10.2. The van der Waals surface area contributed by atoms with E-state index in [1.807, 2.05) is 53.8 Å². The van der Waals surface area contributed by atoms with Crippen molar-refractivity contribution in [3.63, 3.8) is 0 Å². The second kappa shape index (κ2) is 9.95. The molecular formula is C24H25Cl2N5O2. The lowest BCUT2D eigenvalue weighted by Gasteiger charge is -2.23. The lowest BCUT2D eigenvalue weighted by molar-refractivity contribution is -0.122. The van der Waals surface area contributed by atoms with Gasteiger partial charge < -0.3 is 10.6 Å². The Bertz CT molecular complexity index is 1160. The smallest absolute Gasteiger partial charge is 0.241 e. The van der Waals surface area contributed by atoms with Gasteiger partial charge in [-0.25, -0.2) is 4.68 Å². The molecule has 1 saturated heterocycles. The molecule has 3 aromatic rings. The SMILES string of the molecule is Cc1nn(-c2ccccc2)c(C)c1NC(=O)CN1CCCC1C(=O)Nc1cc(Cl)cc(Cl)c1. The van der Waals surface area contributed by atoms with E-state index in [0.29, 0.717) is 34.4 Å². The van der Waals surface area contributed by atoms with Gasteiger partial charge in [-0.2, -0.15) is 5.10 Å². The molecule has 33 heavy (non-hydrogen) atoms. The van der Waals surface area contributed by atoms with Gasteiger partial charge in [-0.3, -0.25) is 14.5 Å². The van der Waals surface area contributed by atoms with Gasteiger partial charge >= 0.3 is 0 Å². The number of carbonyl (C=O) groups excluding carboxylic acids is 2. The molecule has 0 aliphatic carbocycles. The fourth-order valence-corrected chi connectivity index (χ4v) is 4.70. The standard InChI is InChI=1S/C24H25Cl2N5O2/c1-15-23(16(2)31(29-15)20-7-4-3-5-8-20)28-22(32)14-30-10-6-9-21(30)24(33)27-19-12-17(25)11-18(26)13-19/h3-5,7-8,11-13,21H,6,9-10,14H2,1-2H3,(H,27,33)(H,28,32). The fourth-order valence-electron chi connectivity index (χ4n) is 4.17. The third kappa shape index (κ3) is 5.38. The number of hydrogen-bond donors (Lipinski definition) is 2. The van der Waals surface area contributed by atoms with E-state index in [1.165, 1.54) is 0 Å². The number of amides is 2. The van der Waals surface area contributed by atoms with Crippen LogP contribution in [0, 0.1) is 13.8 Å². The molecule has 2 aromatic carbocycles. The fraction of sp³-hybridized carbons (Fsp3) is 0.292. The Morgan fingerprint density at radius 3 is 2.45 bits per heavy atom. The quantitative estimate of drug-likeness (QED) is 0.523. The van der Waals surface area contributed by atoms with Gasteiger partial charge in [0.05, 0.1) is 35.3 Å². The van der Waals surface area contributed by atoms with Gasteiger partial charge in [-0.05, 0) is 63.6 Å². The van der Waals surface area contributed by atoms with E-state index in [4.69, 9.17) is 23.2 Å². The minimum absolute atomic E-state index is 0.115. The van der Waals surface area contributed by atoms with Crippen molar-refractivity contribution in [2.45, 2.75) is 32.7 Å². The van der Waals surface area contributed by atoms with Gasteiger partial charge in [0.15, 0.2) is 0 Å². The Morgan fingerprint density at radius 1 is 1.06 bits per heavy atom. The summed E-state index contributed by atoms with van der Waals surface area (Å²) in [4.78, 5) is 27.6. The first-order chi connectivity index (χ1) is 15.8. The minimum atomic E-state index is -0.400. The third-order valence-electron chi connectivity index (χ3n) is 5.70. The summed E-state index contributed by atoms with van der Waals surface area (Å²) in [5, 5.41) is 11.3. The van der Waals surface area contributed by atoms with E-state index in [0.717, 1.165) is 23.5 Å². The van der Waals surface area contributed by atoms with Crippen LogP contribution in [0.1, 0.15) is 24.2 Å². The molecule has 2 N–H and O–H groups in total. The van der Waals surface area contributed by atoms with Crippen LogP contribution in [0.15, 0.2) is 48.5 Å². The number of anilines is 2. The summed E-state index contributed by atoms with van der Waals surface area (Å²) in [6.45, 7) is 4.57. The first kappa shape index (κ1) is 23.3. The van der Waals surface area contributed by atoms with E-state index >= 15 is 0 Å². The predicted octanol–water partition coefficient (Wildman–Crippen LogP) is 4.84. The molecule has 9 heteroatoms. The summed E-state index contributed by atoms with van der Waals surface area (Å²) in [7, 11) is 0. The maximum Gasteiger partial charge on any atom is 0.241 e. The Kier molecular flexibility index (Phi) is 7.02. The first-order valence-corrected chi connectivity index (χ1v) is 11.5. The number of para-hydroxylation sites is 1. The van der Waals surface area contributed by atoms with E-state index in [1.54, 1.807) is 18.2 Å². The number of rotatable bonds is 6. The van der Waals surface area contributed by atoms with E-state index in [-0.39, 0.29) is 18.4 Å². The van der Waals surface area contributed by atoms with Crippen molar-refractivity contribution in [1.29, 1.82) is 0 Å². The summed E-state index contributed by atoms with van der Waals surface area (Å²) in [5.41, 5.74) is 3.74. The largest absolute Gasteiger partial charge is 0.325 e. The Morgan fingerprint density at radius 2 is 1.76 bits per heavy atom. The predicted molar refractivity (Wildman–Crippen MR) is 131 cm³/mol. The number of aromatic nitrogens is 2. The highest BCUT2D eigenvalue weighted by molar-refractivity contribution is 6.35. The normalized spacial score (nSPS) is 16.1. The molecule has 1 aliphatic rings. The van der Waals surface area contributed by atoms with Crippen LogP contribution in [0.2, 0.25) is 10.0 Å². The highest BCUT2D eigenvalue weighted by atomic mass is 35.5. The molecule has 0 bridgehead atoms. The van der Waals surface area contributed by atoms with Gasteiger partial charge in [-0.15, -0.1) is 0 Å². The number of nitrogens with zero attached hydrogens (tertiary/aromatic N) is 3. The molecule has 1 fully saturated rings. The average molecular weight is 486 g/mol. The lowest BCUT2D eigenvalue weighted by Crippen LogP contribution is -2.43. The van der Waals surface area contributed by atoms with Crippen LogP contribution in [0.5, 0.6) is 0 Å². The van der Waals surface area contributed by atoms with E-state index in [2.05, 4.69) is 15.7 Å². The van der Waals surface area contributed by atoms with Crippen molar-refractivity contribution in [2.75, 3.05) is 23.7 Å². The van der Waals surface area contributed by atoms with Crippen molar-refractivity contribution in [1.82, 2.24) is 14.7 Å². The topological polar surface area (TPSA) is 79.3 Å². The summed E-state index contributed by atoms with van der Waals surface area (Å²) in [6, 6.07) is 14.3. The highest BCUT2D eigenvalue weighted by Crippen LogP contribution is 2.25. The van der Waals surface area contributed by atoms with Gasteiger partial charge in [0.25, 0.3) is 0 Å². The zero-order chi connectivity index (χ0) is 23.5. The summed E-state index contributed by atoms with van der Waals surface area (Å²) >= 11 is 12.1. The van der Waals surface area contributed by atoms with Crippen LogP contribution in [-0.2, 0) is 9.59 Å². The molecule has 1 unspecified atom stereocenters. The van der Waals surface area contributed by atoms with Crippen LogP contribution < -0.4 is 10.6 Å². The number of halogens is 2. The Hall–Kier alpha value is -2.87. The van der Waals surface area contributed by atoms with E-state index in [9.17, 15) is 9.59 Å². The molecular weight excluding hydrogens is 461 g/mol. The molecule has 1 aliphatic heterocycles. The van der Waals surface area contributed by atoms with Crippen molar-refractivity contribution in [3.05, 3.63) is 70.0 Å². The van der Waals surface area contributed by atoms with Crippen molar-refractivity contribution < 1.29 is 9.59 Å². The van der Waals surface area contributed by atoms with Gasteiger partial charge in [0.2, 0.25) is 11.8 Å². The monoisotopic (exact) mass is 485 g/mol. The van der Waals surface area contributed by atoms with Crippen LogP contribution in [0.3, 0.4) is 0 Å². The van der Waals surface area contributed by atoms with E-state index < -0.39 is 6.04 Å². The van der Waals surface area contributed by atoms with Crippen LogP contribution in [0.25, 0.3) is 5.69 Å². The average Bonchev–Trinajstić information content (AvgIpc) is 3.33. The van der Waals surface area contributed by atoms with Gasteiger partial charge in [-0.1, -0.05) is 41.4 Å². The maximum absolute atomic E-state index is 12.9. The molecule has 2 amide bonds. The number of benzene rings is 2.